The van der Waals surface area contributed by atoms with Crippen LogP contribution in [0.1, 0.15) is 49.1 Å². The summed E-state index contributed by atoms with van der Waals surface area (Å²) in [5, 5.41) is 20.3. The van der Waals surface area contributed by atoms with Gasteiger partial charge < -0.3 is 14.9 Å². The first-order chi connectivity index (χ1) is 10.7. The first-order valence-corrected chi connectivity index (χ1v) is 8.64. The zero-order chi connectivity index (χ0) is 15.3. The summed E-state index contributed by atoms with van der Waals surface area (Å²) in [6.45, 7) is 0.699. The van der Waals surface area contributed by atoms with Gasteiger partial charge in [0.25, 0.3) is 0 Å². The summed E-state index contributed by atoms with van der Waals surface area (Å²) >= 11 is 0. The van der Waals surface area contributed by atoms with Crippen molar-refractivity contribution in [1.29, 1.82) is 0 Å². The van der Waals surface area contributed by atoms with Crippen LogP contribution in [-0.4, -0.2) is 30.0 Å². The molecule has 0 aromatic heterocycles. The molecule has 120 valence electrons. The highest BCUT2D eigenvalue weighted by Crippen LogP contribution is 2.61. The fourth-order valence-corrected chi connectivity index (χ4v) is 5.90. The summed E-state index contributed by atoms with van der Waals surface area (Å²) in [4.78, 5) is 0. The molecule has 0 amide bonds. The van der Waals surface area contributed by atoms with E-state index >= 15 is 0 Å². The van der Waals surface area contributed by atoms with Gasteiger partial charge in [0.15, 0.2) is 0 Å². The van der Waals surface area contributed by atoms with E-state index in [4.69, 9.17) is 4.74 Å². The highest BCUT2D eigenvalue weighted by Gasteiger charge is 2.57. The molecule has 2 fully saturated rings. The highest BCUT2D eigenvalue weighted by atomic mass is 16.5. The van der Waals surface area contributed by atoms with Crippen LogP contribution in [0.4, 0.5) is 0 Å². The molecule has 0 saturated heterocycles. The number of aryl methyl sites for hydroxylation is 1. The third-order valence-electron chi connectivity index (χ3n) is 6.79. The van der Waals surface area contributed by atoms with Crippen LogP contribution in [0, 0.1) is 17.3 Å². The first-order valence-electron chi connectivity index (χ1n) is 8.64. The standard InChI is InChI=1S/C19H26O3/c1-22-11-19-9-8-15-14-5-3-13(20)10-12(14)2-4-16(15)17(19)6-7-18(19)21/h3,5,10,15-18,20-21H,2,4,6-9,11H2,1H3/t15-,16-,17+,18+,19-/m1/s1. The lowest BCUT2D eigenvalue weighted by atomic mass is 9.55. The smallest absolute Gasteiger partial charge is 0.115 e. The van der Waals surface area contributed by atoms with Crippen molar-refractivity contribution in [3.8, 4) is 5.75 Å². The number of phenolic OH excluding ortho intramolecular Hbond substituents is 1. The number of fused-ring (bicyclic) bond motifs is 5. The van der Waals surface area contributed by atoms with Crippen LogP contribution in [0.25, 0.3) is 0 Å². The van der Waals surface area contributed by atoms with E-state index in [9.17, 15) is 10.2 Å². The van der Waals surface area contributed by atoms with E-state index in [1.165, 1.54) is 17.5 Å². The molecular weight excluding hydrogens is 276 g/mol. The van der Waals surface area contributed by atoms with Crippen LogP contribution in [0.3, 0.4) is 0 Å². The van der Waals surface area contributed by atoms with Crippen LogP contribution in [-0.2, 0) is 11.2 Å². The number of aliphatic hydroxyl groups excluding tert-OH is 1. The lowest BCUT2D eigenvalue weighted by Crippen LogP contribution is -2.48. The van der Waals surface area contributed by atoms with Gasteiger partial charge in [-0.2, -0.15) is 0 Å². The van der Waals surface area contributed by atoms with Crippen molar-refractivity contribution >= 4 is 0 Å². The van der Waals surface area contributed by atoms with Gasteiger partial charge in [-0.15, -0.1) is 0 Å². The number of rotatable bonds is 2. The second-order valence-corrected chi connectivity index (χ2v) is 7.60. The molecule has 2 saturated carbocycles. The van der Waals surface area contributed by atoms with E-state index in [1.54, 1.807) is 7.11 Å². The van der Waals surface area contributed by atoms with Crippen molar-refractivity contribution < 1.29 is 14.9 Å². The number of benzene rings is 1. The maximum absolute atomic E-state index is 10.6. The molecule has 4 rings (SSSR count). The minimum atomic E-state index is -0.195. The Hall–Kier alpha value is -1.06. The van der Waals surface area contributed by atoms with Crippen molar-refractivity contribution in [2.75, 3.05) is 13.7 Å². The van der Waals surface area contributed by atoms with E-state index in [0.717, 1.165) is 32.1 Å². The van der Waals surface area contributed by atoms with Gasteiger partial charge in [0, 0.05) is 12.5 Å². The largest absolute Gasteiger partial charge is 0.508 e. The molecule has 0 spiro atoms. The van der Waals surface area contributed by atoms with Gasteiger partial charge in [-0.1, -0.05) is 6.07 Å². The van der Waals surface area contributed by atoms with Crippen molar-refractivity contribution in [3.05, 3.63) is 29.3 Å². The summed E-state index contributed by atoms with van der Waals surface area (Å²) in [6, 6.07) is 5.92. The van der Waals surface area contributed by atoms with Gasteiger partial charge in [0.05, 0.1) is 12.7 Å². The van der Waals surface area contributed by atoms with E-state index in [-0.39, 0.29) is 11.5 Å². The van der Waals surface area contributed by atoms with E-state index in [1.807, 2.05) is 12.1 Å². The van der Waals surface area contributed by atoms with E-state index < -0.39 is 0 Å². The third-order valence-corrected chi connectivity index (χ3v) is 6.79. The molecule has 0 radical (unpaired) electrons. The molecule has 1 aromatic rings. The number of aromatic hydroxyl groups is 1. The second-order valence-electron chi connectivity index (χ2n) is 7.60. The minimum Gasteiger partial charge on any atom is -0.508 e. The van der Waals surface area contributed by atoms with Crippen LogP contribution in [0.15, 0.2) is 18.2 Å². The van der Waals surface area contributed by atoms with Crippen molar-refractivity contribution in [1.82, 2.24) is 0 Å². The summed E-state index contributed by atoms with van der Waals surface area (Å²) in [7, 11) is 1.77. The van der Waals surface area contributed by atoms with Gasteiger partial charge in [0.1, 0.15) is 5.75 Å². The molecule has 5 atom stereocenters. The third kappa shape index (κ3) is 1.95. The molecular formula is C19H26O3. The average Bonchev–Trinajstić information content (AvgIpc) is 2.84. The monoisotopic (exact) mass is 302 g/mol. The number of hydrogen-bond acceptors (Lipinski definition) is 3. The van der Waals surface area contributed by atoms with Crippen LogP contribution >= 0.6 is 0 Å². The molecule has 3 aliphatic carbocycles. The number of methoxy groups -OCH3 is 1. The number of aliphatic hydroxyl groups is 1. The lowest BCUT2D eigenvalue weighted by molar-refractivity contribution is -0.0814. The molecule has 1 aromatic carbocycles. The fourth-order valence-electron chi connectivity index (χ4n) is 5.90. The maximum atomic E-state index is 10.6. The van der Waals surface area contributed by atoms with E-state index in [0.29, 0.717) is 30.1 Å². The summed E-state index contributed by atoms with van der Waals surface area (Å²) in [5.74, 6) is 2.24. The Balaban J connectivity index is 1.69. The number of ether oxygens (including phenoxy) is 1. The molecule has 3 nitrogen and oxygen atoms in total. The molecule has 0 heterocycles. The summed E-state index contributed by atoms with van der Waals surface area (Å²) in [6.07, 6.45) is 6.32. The second kappa shape index (κ2) is 5.24. The van der Waals surface area contributed by atoms with Gasteiger partial charge >= 0.3 is 0 Å². The fraction of sp³-hybridized carbons (Fsp3) is 0.684. The molecule has 0 aliphatic heterocycles. The molecule has 0 bridgehead atoms. The highest BCUT2D eigenvalue weighted by molar-refractivity contribution is 5.40. The molecule has 22 heavy (non-hydrogen) atoms. The van der Waals surface area contributed by atoms with Gasteiger partial charge in [-0.05, 0) is 79.5 Å². The molecule has 3 heteroatoms. The molecule has 3 aliphatic rings. The Labute approximate surface area is 132 Å². The Kier molecular flexibility index (Phi) is 3.46. The van der Waals surface area contributed by atoms with Gasteiger partial charge in [0.2, 0.25) is 0 Å². The van der Waals surface area contributed by atoms with Crippen LogP contribution in [0.2, 0.25) is 0 Å². The predicted molar refractivity (Wildman–Crippen MR) is 84.9 cm³/mol. The predicted octanol–water partition coefficient (Wildman–Crippen LogP) is 3.24. The summed E-state index contributed by atoms with van der Waals surface area (Å²) < 4.78 is 5.53. The van der Waals surface area contributed by atoms with Crippen molar-refractivity contribution in [3.63, 3.8) is 0 Å². The first kappa shape index (κ1) is 14.5. The Morgan fingerprint density at radius 3 is 2.91 bits per heavy atom. The van der Waals surface area contributed by atoms with E-state index in [2.05, 4.69) is 6.07 Å². The normalized spacial score (nSPS) is 39.9. The Morgan fingerprint density at radius 2 is 2.09 bits per heavy atom. The SMILES string of the molecule is COC[C@]12CC[C@@H]3c4ccc(O)cc4CC[C@H]3[C@@H]1CC[C@@H]2O. The van der Waals surface area contributed by atoms with Crippen molar-refractivity contribution in [2.24, 2.45) is 17.3 Å². The maximum Gasteiger partial charge on any atom is 0.115 e. The number of hydrogen-bond donors (Lipinski definition) is 2. The molecule has 2 N–H and O–H groups in total. The minimum absolute atomic E-state index is 0.00958. The Morgan fingerprint density at radius 1 is 1.23 bits per heavy atom. The van der Waals surface area contributed by atoms with Gasteiger partial charge in [-0.25, -0.2) is 0 Å². The topological polar surface area (TPSA) is 49.7 Å². The average molecular weight is 302 g/mol. The zero-order valence-electron chi connectivity index (χ0n) is 13.3. The van der Waals surface area contributed by atoms with Crippen molar-refractivity contribution in [2.45, 2.75) is 50.5 Å². The lowest BCUT2D eigenvalue weighted by Gasteiger charge is -2.51. The molecule has 0 unspecified atom stereocenters. The zero-order valence-corrected chi connectivity index (χ0v) is 13.3. The number of phenols is 1. The quantitative estimate of drug-likeness (QED) is 0.882. The van der Waals surface area contributed by atoms with Crippen LogP contribution < -0.4 is 0 Å². The Bertz CT molecular complexity index is 570. The summed E-state index contributed by atoms with van der Waals surface area (Å²) in [5.41, 5.74) is 2.77. The van der Waals surface area contributed by atoms with Crippen LogP contribution in [0.5, 0.6) is 5.75 Å². The van der Waals surface area contributed by atoms with Gasteiger partial charge in [-0.3, -0.25) is 0 Å².